The van der Waals surface area contributed by atoms with Crippen LogP contribution in [0.1, 0.15) is 39.5 Å². The van der Waals surface area contributed by atoms with E-state index in [-0.39, 0.29) is 5.97 Å². The molecule has 70 valence electrons. The molecular weight excluding hydrogens is 152 g/mol. The van der Waals surface area contributed by atoms with Crippen molar-refractivity contribution in [1.82, 2.24) is 0 Å². The molecule has 0 aliphatic heterocycles. The SMILES string of the molecule is C=C(C)CCCCC(=O)OCC. The van der Waals surface area contributed by atoms with E-state index < -0.39 is 0 Å². The van der Waals surface area contributed by atoms with Crippen LogP contribution in [0, 0.1) is 0 Å². The second kappa shape index (κ2) is 6.89. The molecular formula is C10H18O2. The first-order chi connectivity index (χ1) is 5.66. The Bertz CT molecular complexity index is 150. The Morgan fingerprint density at radius 2 is 1.92 bits per heavy atom. The summed E-state index contributed by atoms with van der Waals surface area (Å²) in [5.41, 5.74) is 1.18. The first-order valence-electron chi connectivity index (χ1n) is 4.46. The minimum atomic E-state index is -0.0841. The molecule has 0 spiro atoms. The number of hydrogen-bond acceptors (Lipinski definition) is 2. The van der Waals surface area contributed by atoms with E-state index in [2.05, 4.69) is 6.58 Å². The van der Waals surface area contributed by atoms with Gasteiger partial charge in [0.1, 0.15) is 0 Å². The summed E-state index contributed by atoms with van der Waals surface area (Å²) >= 11 is 0. The Morgan fingerprint density at radius 3 is 2.42 bits per heavy atom. The number of carbonyl (C=O) groups is 1. The molecule has 0 atom stereocenters. The van der Waals surface area contributed by atoms with E-state index in [0.717, 1.165) is 19.3 Å². The summed E-state index contributed by atoms with van der Waals surface area (Å²) in [7, 11) is 0. The summed E-state index contributed by atoms with van der Waals surface area (Å²) in [6.07, 6.45) is 3.50. The van der Waals surface area contributed by atoms with Crippen LogP contribution in [0.5, 0.6) is 0 Å². The molecule has 0 N–H and O–H groups in total. The van der Waals surface area contributed by atoms with Gasteiger partial charge in [-0.05, 0) is 33.1 Å². The Kier molecular flexibility index (Phi) is 6.44. The van der Waals surface area contributed by atoms with Crippen LogP contribution in [-0.4, -0.2) is 12.6 Å². The maximum Gasteiger partial charge on any atom is 0.305 e. The average Bonchev–Trinajstić information content (AvgIpc) is 1.98. The van der Waals surface area contributed by atoms with Gasteiger partial charge < -0.3 is 4.74 Å². The smallest absolute Gasteiger partial charge is 0.305 e. The number of rotatable bonds is 6. The van der Waals surface area contributed by atoms with Gasteiger partial charge in [0.25, 0.3) is 0 Å². The van der Waals surface area contributed by atoms with Crippen LogP contribution in [0.15, 0.2) is 12.2 Å². The maximum absolute atomic E-state index is 10.8. The number of esters is 1. The van der Waals surface area contributed by atoms with Crippen LogP contribution < -0.4 is 0 Å². The van der Waals surface area contributed by atoms with Crippen LogP contribution in [-0.2, 0) is 9.53 Å². The third kappa shape index (κ3) is 7.32. The molecule has 0 fully saturated rings. The molecule has 0 bridgehead atoms. The predicted molar refractivity (Wildman–Crippen MR) is 49.9 cm³/mol. The molecule has 0 saturated heterocycles. The molecule has 2 nitrogen and oxygen atoms in total. The van der Waals surface area contributed by atoms with Crippen LogP contribution in [0.2, 0.25) is 0 Å². The van der Waals surface area contributed by atoms with Crippen LogP contribution in [0.25, 0.3) is 0 Å². The van der Waals surface area contributed by atoms with Crippen molar-refractivity contribution in [3.8, 4) is 0 Å². The number of ether oxygens (including phenoxy) is 1. The van der Waals surface area contributed by atoms with E-state index >= 15 is 0 Å². The van der Waals surface area contributed by atoms with Crippen molar-refractivity contribution in [1.29, 1.82) is 0 Å². The first-order valence-corrected chi connectivity index (χ1v) is 4.46. The molecule has 0 rings (SSSR count). The monoisotopic (exact) mass is 170 g/mol. The average molecular weight is 170 g/mol. The van der Waals surface area contributed by atoms with E-state index in [0.29, 0.717) is 13.0 Å². The molecule has 0 aromatic rings. The van der Waals surface area contributed by atoms with E-state index in [1.807, 2.05) is 13.8 Å². The summed E-state index contributed by atoms with van der Waals surface area (Å²) in [6, 6.07) is 0. The van der Waals surface area contributed by atoms with Crippen LogP contribution in [0.3, 0.4) is 0 Å². The van der Waals surface area contributed by atoms with E-state index in [4.69, 9.17) is 4.74 Å². The highest BCUT2D eigenvalue weighted by molar-refractivity contribution is 5.69. The number of carbonyl (C=O) groups excluding carboxylic acids is 1. The van der Waals surface area contributed by atoms with E-state index in [1.165, 1.54) is 5.57 Å². The number of allylic oxidation sites excluding steroid dienone is 1. The molecule has 2 heteroatoms. The van der Waals surface area contributed by atoms with Crippen molar-refractivity contribution in [3.05, 3.63) is 12.2 Å². The highest BCUT2D eigenvalue weighted by Crippen LogP contribution is 2.06. The lowest BCUT2D eigenvalue weighted by Crippen LogP contribution is -2.03. The molecule has 0 heterocycles. The molecule has 0 aromatic heterocycles. The minimum absolute atomic E-state index is 0.0841. The summed E-state index contributed by atoms with van der Waals surface area (Å²) < 4.78 is 4.79. The second-order valence-corrected chi connectivity index (χ2v) is 2.97. The zero-order valence-electron chi connectivity index (χ0n) is 8.06. The lowest BCUT2D eigenvalue weighted by molar-refractivity contribution is -0.143. The molecule has 0 unspecified atom stereocenters. The fraction of sp³-hybridized carbons (Fsp3) is 0.700. The molecule has 0 aliphatic rings. The van der Waals surface area contributed by atoms with Crippen molar-refractivity contribution in [3.63, 3.8) is 0 Å². The van der Waals surface area contributed by atoms with Gasteiger partial charge in [-0.25, -0.2) is 0 Å². The van der Waals surface area contributed by atoms with Gasteiger partial charge in [0.2, 0.25) is 0 Å². The topological polar surface area (TPSA) is 26.3 Å². The fourth-order valence-electron chi connectivity index (χ4n) is 0.929. The van der Waals surface area contributed by atoms with Crippen LogP contribution >= 0.6 is 0 Å². The Labute approximate surface area is 74.6 Å². The largest absolute Gasteiger partial charge is 0.466 e. The standard InChI is InChI=1S/C10H18O2/c1-4-12-10(11)8-6-5-7-9(2)3/h2,4-8H2,1,3H3. The number of hydrogen-bond donors (Lipinski definition) is 0. The van der Waals surface area contributed by atoms with Crippen molar-refractivity contribution >= 4 is 5.97 Å². The maximum atomic E-state index is 10.8. The predicted octanol–water partition coefficient (Wildman–Crippen LogP) is 2.69. The van der Waals surface area contributed by atoms with Gasteiger partial charge in [0.15, 0.2) is 0 Å². The Morgan fingerprint density at radius 1 is 1.33 bits per heavy atom. The summed E-state index contributed by atoms with van der Waals surface area (Å²) in [4.78, 5) is 10.8. The lowest BCUT2D eigenvalue weighted by Gasteiger charge is -2.01. The molecule has 0 aliphatic carbocycles. The van der Waals surface area contributed by atoms with Crippen molar-refractivity contribution in [2.45, 2.75) is 39.5 Å². The normalized spacial score (nSPS) is 9.50. The van der Waals surface area contributed by atoms with Crippen molar-refractivity contribution in [2.24, 2.45) is 0 Å². The lowest BCUT2D eigenvalue weighted by atomic mass is 10.1. The summed E-state index contributed by atoms with van der Waals surface area (Å²) in [5, 5.41) is 0. The van der Waals surface area contributed by atoms with Crippen LogP contribution in [0.4, 0.5) is 0 Å². The van der Waals surface area contributed by atoms with E-state index in [1.54, 1.807) is 0 Å². The molecule has 0 aromatic carbocycles. The molecule has 0 radical (unpaired) electrons. The number of unbranched alkanes of at least 4 members (excludes halogenated alkanes) is 1. The first kappa shape index (κ1) is 11.2. The van der Waals surface area contributed by atoms with Crippen molar-refractivity contribution in [2.75, 3.05) is 6.61 Å². The fourth-order valence-corrected chi connectivity index (χ4v) is 0.929. The van der Waals surface area contributed by atoms with Gasteiger partial charge in [0, 0.05) is 6.42 Å². The summed E-state index contributed by atoms with van der Waals surface area (Å²) in [6.45, 7) is 8.11. The van der Waals surface area contributed by atoms with Crippen molar-refractivity contribution < 1.29 is 9.53 Å². The zero-order chi connectivity index (χ0) is 9.40. The highest BCUT2D eigenvalue weighted by atomic mass is 16.5. The summed E-state index contributed by atoms with van der Waals surface area (Å²) in [5.74, 6) is -0.0841. The Balaban J connectivity index is 3.19. The molecule has 12 heavy (non-hydrogen) atoms. The highest BCUT2D eigenvalue weighted by Gasteiger charge is 1.99. The van der Waals surface area contributed by atoms with Gasteiger partial charge in [-0.15, -0.1) is 6.58 Å². The van der Waals surface area contributed by atoms with Gasteiger partial charge in [-0.1, -0.05) is 5.57 Å². The Hall–Kier alpha value is -0.790. The zero-order valence-corrected chi connectivity index (χ0v) is 8.06. The van der Waals surface area contributed by atoms with Gasteiger partial charge in [0.05, 0.1) is 6.61 Å². The molecule has 0 amide bonds. The third-order valence-corrected chi connectivity index (χ3v) is 1.54. The quantitative estimate of drug-likeness (QED) is 0.348. The van der Waals surface area contributed by atoms with Gasteiger partial charge in [-0.3, -0.25) is 4.79 Å². The van der Waals surface area contributed by atoms with Gasteiger partial charge in [-0.2, -0.15) is 0 Å². The third-order valence-electron chi connectivity index (χ3n) is 1.54. The second-order valence-electron chi connectivity index (χ2n) is 2.97. The minimum Gasteiger partial charge on any atom is -0.466 e. The van der Waals surface area contributed by atoms with E-state index in [9.17, 15) is 4.79 Å². The molecule has 0 saturated carbocycles. The van der Waals surface area contributed by atoms with Gasteiger partial charge >= 0.3 is 5.97 Å².